The summed E-state index contributed by atoms with van der Waals surface area (Å²) in [6, 6.07) is 7.86. The highest BCUT2D eigenvalue weighted by Gasteiger charge is 1.98. The van der Waals surface area contributed by atoms with Gasteiger partial charge in [0, 0.05) is 12.5 Å². The molecular formula is C18H24O4. The first-order valence-corrected chi connectivity index (χ1v) is 7.71. The summed E-state index contributed by atoms with van der Waals surface area (Å²) in [5.41, 5.74) is 1.15. The van der Waals surface area contributed by atoms with Crippen LogP contribution >= 0.6 is 0 Å². The van der Waals surface area contributed by atoms with Gasteiger partial charge in [0.05, 0.1) is 13.2 Å². The zero-order chi connectivity index (χ0) is 16.0. The normalized spacial score (nSPS) is 10.0. The molecule has 1 rings (SSSR count). The molecule has 120 valence electrons. The van der Waals surface area contributed by atoms with Crippen molar-refractivity contribution in [3.05, 3.63) is 42.5 Å². The van der Waals surface area contributed by atoms with Gasteiger partial charge in [-0.05, 0) is 49.8 Å². The summed E-state index contributed by atoms with van der Waals surface area (Å²) in [6.07, 6.45) is 7.35. The molecule has 0 radical (unpaired) electrons. The molecule has 1 aromatic carbocycles. The molecule has 0 N–H and O–H groups in total. The van der Waals surface area contributed by atoms with Crippen molar-refractivity contribution in [3.8, 4) is 5.75 Å². The number of aldehydes is 1. The fourth-order valence-corrected chi connectivity index (χ4v) is 1.96. The lowest BCUT2D eigenvalue weighted by Gasteiger charge is -2.07. The van der Waals surface area contributed by atoms with E-state index in [9.17, 15) is 9.59 Å². The Morgan fingerprint density at radius 3 is 2.36 bits per heavy atom. The Kier molecular flexibility index (Phi) is 9.42. The monoisotopic (exact) mass is 304 g/mol. The number of carbonyl (C=O) groups excluding carboxylic acids is 2. The Labute approximate surface area is 132 Å². The molecule has 0 amide bonds. The number of unbranched alkanes of at least 4 members (excludes halogenated alkanes) is 3. The second kappa shape index (κ2) is 11.5. The Hall–Kier alpha value is -2.10. The Bertz CT molecular complexity index is 451. The molecular weight excluding hydrogens is 280 g/mol. The number of ether oxygens (including phenoxy) is 2. The molecule has 0 aliphatic carbocycles. The second-order valence-corrected chi connectivity index (χ2v) is 4.98. The lowest BCUT2D eigenvalue weighted by Crippen LogP contribution is -2.02. The van der Waals surface area contributed by atoms with E-state index < -0.39 is 0 Å². The quantitative estimate of drug-likeness (QED) is 0.257. The van der Waals surface area contributed by atoms with Crippen molar-refractivity contribution in [2.75, 3.05) is 13.2 Å². The van der Waals surface area contributed by atoms with Gasteiger partial charge < -0.3 is 14.3 Å². The third-order valence-electron chi connectivity index (χ3n) is 3.19. The molecule has 0 saturated heterocycles. The van der Waals surface area contributed by atoms with E-state index in [4.69, 9.17) is 9.47 Å². The van der Waals surface area contributed by atoms with E-state index in [1.54, 1.807) is 0 Å². The van der Waals surface area contributed by atoms with Crippen LogP contribution in [0.4, 0.5) is 0 Å². The number of rotatable bonds is 12. The maximum Gasteiger partial charge on any atom is 0.330 e. The Balaban J connectivity index is 2.03. The van der Waals surface area contributed by atoms with Crippen molar-refractivity contribution in [2.45, 2.75) is 38.5 Å². The molecule has 22 heavy (non-hydrogen) atoms. The van der Waals surface area contributed by atoms with Crippen molar-refractivity contribution in [2.24, 2.45) is 0 Å². The summed E-state index contributed by atoms with van der Waals surface area (Å²) in [4.78, 5) is 21.1. The lowest BCUT2D eigenvalue weighted by molar-refractivity contribution is -0.137. The summed E-state index contributed by atoms with van der Waals surface area (Å²) in [7, 11) is 0. The van der Waals surface area contributed by atoms with Gasteiger partial charge in [0.2, 0.25) is 0 Å². The van der Waals surface area contributed by atoms with Crippen LogP contribution < -0.4 is 4.74 Å². The van der Waals surface area contributed by atoms with Crippen molar-refractivity contribution in [3.63, 3.8) is 0 Å². The molecule has 0 aliphatic rings. The summed E-state index contributed by atoms with van der Waals surface area (Å²) in [6.45, 7) is 4.48. The molecule has 0 fully saturated rings. The van der Waals surface area contributed by atoms with E-state index in [1.807, 2.05) is 24.3 Å². The zero-order valence-corrected chi connectivity index (χ0v) is 13.0. The topological polar surface area (TPSA) is 52.6 Å². The highest BCUT2D eigenvalue weighted by atomic mass is 16.5. The van der Waals surface area contributed by atoms with Crippen molar-refractivity contribution < 1.29 is 19.1 Å². The Morgan fingerprint density at radius 2 is 1.73 bits per heavy atom. The van der Waals surface area contributed by atoms with Crippen LogP contribution in [0.1, 0.15) is 37.7 Å². The molecule has 0 bridgehead atoms. The smallest absolute Gasteiger partial charge is 0.330 e. The molecule has 0 atom stereocenters. The number of hydrogen-bond donors (Lipinski definition) is 0. The highest BCUT2D eigenvalue weighted by molar-refractivity contribution is 5.81. The molecule has 0 aromatic heterocycles. The third kappa shape index (κ3) is 8.25. The number of esters is 1. The van der Waals surface area contributed by atoms with Gasteiger partial charge in [-0.3, -0.25) is 0 Å². The van der Waals surface area contributed by atoms with Gasteiger partial charge in [-0.2, -0.15) is 0 Å². The highest BCUT2D eigenvalue weighted by Crippen LogP contribution is 2.14. The maximum absolute atomic E-state index is 10.8. The van der Waals surface area contributed by atoms with Gasteiger partial charge in [0.15, 0.2) is 0 Å². The van der Waals surface area contributed by atoms with Crippen molar-refractivity contribution in [1.82, 2.24) is 0 Å². The summed E-state index contributed by atoms with van der Waals surface area (Å²) < 4.78 is 10.6. The van der Waals surface area contributed by atoms with Crippen LogP contribution in [0, 0.1) is 0 Å². The van der Waals surface area contributed by atoms with Crippen molar-refractivity contribution in [1.29, 1.82) is 0 Å². The predicted molar refractivity (Wildman–Crippen MR) is 85.9 cm³/mol. The van der Waals surface area contributed by atoms with Gasteiger partial charge in [-0.1, -0.05) is 18.7 Å². The minimum Gasteiger partial charge on any atom is -0.494 e. The molecule has 0 unspecified atom stereocenters. The van der Waals surface area contributed by atoms with E-state index in [0.29, 0.717) is 19.6 Å². The van der Waals surface area contributed by atoms with Crippen LogP contribution in [-0.4, -0.2) is 25.5 Å². The molecule has 0 heterocycles. The summed E-state index contributed by atoms with van der Waals surface area (Å²) >= 11 is 0. The van der Waals surface area contributed by atoms with E-state index in [-0.39, 0.29) is 5.97 Å². The average molecular weight is 304 g/mol. The van der Waals surface area contributed by atoms with Gasteiger partial charge in [-0.25, -0.2) is 4.79 Å². The average Bonchev–Trinajstić information content (AvgIpc) is 2.56. The Morgan fingerprint density at radius 1 is 1.05 bits per heavy atom. The van der Waals surface area contributed by atoms with Gasteiger partial charge in [-0.15, -0.1) is 0 Å². The SMILES string of the molecule is C=CC(=O)OCCCCCCOc1ccc(CCC=O)cc1. The second-order valence-electron chi connectivity index (χ2n) is 4.98. The fraction of sp³-hybridized carbons (Fsp3) is 0.444. The number of aryl methyl sites for hydroxylation is 1. The third-order valence-corrected chi connectivity index (χ3v) is 3.19. The van der Waals surface area contributed by atoms with Gasteiger partial charge >= 0.3 is 5.97 Å². The molecule has 4 heteroatoms. The largest absolute Gasteiger partial charge is 0.494 e. The first-order valence-electron chi connectivity index (χ1n) is 7.71. The van der Waals surface area contributed by atoms with E-state index >= 15 is 0 Å². The van der Waals surface area contributed by atoms with Crippen LogP contribution in [0.5, 0.6) is 5.75 Å². The fourth-order valence-electron chi connectivity index (χ4n) is 1.96. The first-order chi connectivity index (χ1) is 10.8. The molecule has 0 spiro atoms. The minimum atomic E-state index is -0.361. The summed E-state index contributed by atoms with van der Waals surface area (Å²) in [5, 5.41) is 0. The number of hydrogen-bond acceptors (Lipinski definition) is 4. The number of benzene rings is 1. The predicted octanol–water partition coefficient (Wildman–Crippen LogP) is 3.49. The van der Waals surface area contributed by atoms with E-state index in [1.165, 1.54) is 6.08 Å². The van der Waals surface area contributed by atoms with E-state index in [0.717, 1.165) is 49.7 Å². The lowest BCUT2D eigenvalue weighted by atomic mass is 10.1. The maximum atomic E-state index is 10.8. The van der Waals surface area contributed by atoms with Gasteiger partial charge in [0.25, 0.3) is 0 Å². The molecule has 4 nitrogen and oxygen atoms in total. The van der Waals surface area contributed by atoms with Gasteiger partial charge in [0.1, 0.15) is 12.0 Å². The molecule has 0 saturated carbocycles. The van der Waals surface area contributed by atoms with Crippen LogP contribution in [-0.2, 0) is 20.7 Å². The summed E-state index contributed by atoms with van der Waals surface area (Å²) in [5.74, 6) is 0.495. The molecule has 0 aliphatic heterocycles. The van der Waals surface area contributed by atoms with Crippen LogP contribution in [0.25, 0.3) is 0 Å². The van der Waals surface area contributed by atoms with Crippen LogP contribution in [0.3, 0.4) is 0 Å². The minimum absolute atomic E-state index is 0.361. The van der Waals surface area contributed by atoms with E-state index in [2.05, 4.69) is 6.58 Å². The van der Waals surface area contributed by atoms with Crippen LogP contribution in [0.2, 0.25) is 0 Å². The number of carbonyl (C=O) groups is 2. The molecule has 1 aromatic rings. The zero-order valence-electron chi connectivity index (χ0n) is 13.0. The van der Waals surface area contributed by atoms with Crippen molar-refractivity contribution >= 4 is 12.3 Å². The standard InChI is InChI=1S/C18H24O4/c1-2-18(20)22-15-6-4-3-5-14-21-17-11-9-16(10-12-17)8-7-13-19/h2,9-13H,1,3-8,14-15H2. The first kappa shape index (κ1) is 18.0. The van der Waals surface area contributed by atoms with Crippen LogP contribution in [0.15, 0.2) is 36.9 Å².